The predicted molar refractivity (Wildman–Crippen MR) is 103 cm³/mol. The first-order valence-electron chi connectivity index (χ1n) is 8.30. The average Bonchev–Trinajstić information content (AvgIpc) is 2.66. The van der Waals surface area contributed by atoms with Crippen molar-refractivity contribution in [1.29, 1.82) is 0 Å². The Labute approximate surface area is 160 Å². The van der Waals surface area contributed by atoms with Crippen LogP contribution in [-0.4, -0.2) is 40.0 Å². The molecule has 0 unspecified atom stereocenters. The Balaban J connectivity index is 1.96. The number of nitrogens with zero attached hydrogens (tertiary/aromatic N) is 2. The molecule has 2 aromatic rings. The van der Waals surface area contributed by atoms with Crippen LogP contribution in [0.15, 0.2) is 35.6 Å². The number of thioether (sulfide) groups is 1. The molecule has 9 heteroatoms. The maximum atomic E-state index is 12.3. The van der Waals surface area contributed by atoms with Crippen LogP contribution in [0.2, 0.25) is 0 Å². The van der Waals surface area contributed by atoms with Crippen molar-refractivity contribution in [3.63, 3.8) is 0 Å². The standard InChI is InChI=1S/C18H20N4O4S/c1-3-15(24)21-12-7-5-11(6-8-12)14(23)10-27-18-20-9-13(16(19)22-18)17(25)26-4-2/h5-9H,3-4,10H2,1-2H3,(H,21,24)(H2,19,20,22). The third-order valence-electron chi connectivity index (χ3n) is 3.44. The number of esters is 1. The highest BCUT2D eigenvalue weighted by Crippen LogP contribution is 2.19. The van der Waals surface area contributed by atoms with E-state index in [4.69, 9.17) is 10.5 Å². The van der Waals surface area contributed by atoms with Gasteiger partial charge in [0.05, 0.1) is 12.4 Å². The van der Waals surface area contributed by atoms with Crippen LogP contribution in [0, 0.1) is 0 Å². The highest BCUT2D eigenvalue weighted by atomic mass is 32.2. The maximum Gasteiger partial charge on any atom is 0.343 e. The number of rotatable bonds is 8. The van der Waals surface area contributed by atoms with Crippen molar-refractivity contribution in [1.82, 2.24) is 9.97 Å². The average molecular weight is 388 g/mol. The Morgan fingerprint density at radius 2 is 1.89 bits per heavy atom. The van der Waals surface area contributed by atoms with Gasteiger partial charge in [0.25, 0.3) is 0 Å². The summed E-state index contributed by atoms with van der Waals surface area (Å²) in [5.41, 5.74) is 6.99. The Bertz CT molecular complexity index is 840. The Hall–Kier alpha value is -2.94. The van der Waals surface area contributed by atoms with Crippen LogP contribution in [0.3, 0.4) is 0 Å². The van der Waals surface area contributed by atoms with Crippen LogP contribution < -0.4 is 11.1 Å². The van der Waals surface area contributed by atoms with E-state index >= 15 is 0 Å². The number of benzene rings is 1. The van der Waals surface area contributed by atoms with Gasteiger partial charge in [-0.1, -0.05) is 18.7 Å². The number of hydrogen-bond donors (Lipinski definition) is 2. The SMILES string of the molecule is CCOC(=O)c1cnc(SCC(=O)c2ccc(NC(=O)CC)cc2)nc1N. The number of ether oxygens (including phenoxy) is 1. The summed E-state index contributed by atoms with van der Waals surface area (Å²) in [4.78, 5) is 43.4. The number of aromatic nitrogens is 2. The van der Waals surface area contributed by atoms with Crippen molar-refractivity contribution in [3.8, 4) is 0 Å². The van der Waals surface area contributed by atoms with Gasteiger partial charge in [0.2, 0.25) is 5.91 Å². The number of anilines is 2. The summed E-state index contributed by atoms with van der Waals surface area (Å²) in [7, 11) is 0. The fourth-order valence-electron chi connectivity index (χ4n) is 2.02. The summed E-state index contributed by atoms with van der Waals surface area (Å²) < 4.78 is 4.86. The highest BCUT2D eigenvalue weighted by molar-refractivity contribution is 7.99. The first kappa shape index (κ1) is 20.4. The van der Waals surface area contributed by atoms with E-state index in [-0.39, 0.29) is 35.4 Å². The summed E-state index contributed by atoms with van der Waals surface area (Å²) in [5, 5.41) is 3.01. The summed E-state index contributed by atoms with van der Waals surface area (Å²) >= 11 is 1.12. The van der Waals surface area contributed by atoms with E-state index in [1.54, 1.807) is 38.1 Å². The van der Waals surface area contributed by atoms with Crippen LogP contribution in [0.25, 0.3) is 0 Å². The molecule has 0 aliphatic carbocycles. The maximum absolute atomic E-state index is 12.3. The zero-order valence-corrected chi connectivity index (χ0v) is 15.8. The number of ketones is 1. The van der Waals surface area contributed by atoms with Crippen LogP contribution in [0.4, 0.5) is 11.5 Å². The van der Waals surface area contributed by atoms with E-state index in [0.29, 0.717) is 22.8 Å². The van der Waals surface area contributed by atoms with Gasteiger partial charge >= 0.3 is 5.97 Å². The molecular formula is C18H20N4O4S. The molecule has 0 fully saturated rings. The topological polar surface area (TPSA) is 124 Å². The summed E-state index contributed by atoms with van der Waals surface area (Å²) in [6, 6.07) is 6.64. The number of amides is 1. The first-order valence-corrected chi connectivity index (χ1v) is 9.28. The Morgan fingerprint density at radius 1 is 1.19 bits per heavy atom. The van der Waals surface area contributed by atoms with Gasteiger partial charge in [0.15, 0.2) is 10.9 Å². The first-order chi connectivity index (χ1) is 12.9. The van der Waals surface area contributed by atoms with Crippen molar-refractivity contribution in [3.05, 3.63) is 41.6 Å². The number of nitrogen functional groups attached to an aromatic ring is 1. The Morgan fingerprint density at radius 3 is 2.48 bits per heavy atom. The number of carbonyl (C=O) groups excluding carboxylic acids is 3. The lowest BCUT2D eigenvalue weighted by molar-refractivity contribution is -0.115. The van der Waals surface area contributed by atoms with Gasteiger partial charge in [-0.25, -0.2) is 14.8 Å². The van der Waals surface area contributed by atoms with Gasteiger partial charge in [-0.05, 0) is 31.2 Å². The van der Waals surface area contributed by atoms with Crippen LogP contribution in [0.5, 0.6) is 0 Å². The smallest absolute Gasteiger partial charge is 0.343 e. The van der Waals surface area contributed by atoms with Crippen molar-refractivity contribution in [2.24, 2.45) is 0 Å². The zero-order chi connectivity index (χ0) is 19.8. The molecule has 3 N–H and O–H groups in total. The quantitative estimate of drug-likeness (QED) is 0.306. The summed E-state index contributed by atoms with van der Waals surface area (Å²) in [6.07, 6.45) is 1.67. The predicted octanol–water partition coefficient (Wildman–Crippen LogP) is 2.56. The van der Waals surface area contributed by atoms with Crippen molar-refractivity contribution >= 4 is 40.9 Å². The molecule has 2 rings (SSSR count). The monoisotopic (exact) mass is 388 g/mol. The fourth-order valence-corrected chi connectivity index (χ4v) is 2.73. The minimum absolute atomic E-state index is 0.00872. The Kier molecular flexibility index (Phi) is 7.30. The van der Waals surface area contributed by atoms with Crippen molar-refractivity contribution < 1.29 is 19.1 Å². The van der Waals surface area contributed by atoms with Crippen molar-refractivity contribution in [2.45, 2.75) is 25.4 Å². The third kappa shape index (κ3) is 5.78. The van der Waals surface area contributed by atoms with Gasteiger partial charge in [-0.3, -0.25) is 9.59 Å². The van der Waals surface area contributed by atoms with Crippen LogP contribution in [-0.2, 0) is 9.53 Å². The molecule has 142 valence electrons. The molecule has 0 atom stereocenters. The number of nitrogens with two attached hydrogens (primary N) is 1. The van der Waals surface area contributed by atoms with Gasteiger partial charge in [0.1, 0.15) is 11.4 Å². The molecule has 0 saturated carbocycles. The summed E-state index contributed by atoms with van der Waals surface area (Å²) in [5.74, 6) is -0.679. The fraction of sp³-hybridized carbons (Fsp3) is 0.278. The lowest BCUT2D eigenvalue weighted by atomic mass is 10.1. The molecule has 27 heavy (non-hydrogen) atoms. The molecule has 0 aliphatic rings. The molecule has 1 heterocycles. The molecule has 1 amide bonds. The van der Waals surface area contributed by atoms with Gasteiger partial charge in [-0.2, -0.15) is 0 Å². The molecule has 1 aromatic carbocycles. The van der Waals surface area contributed by atoms with Gasteiger partial charge in [0, 0.05) is 23.9 Å². The normalized spacial score (nSPS) is 10.3. The lowest BCUT2D eigenvalue weighted by Crippen LogP contribution is -2.11. The van der Waals surface area contributed by atoms with E-state index in [1.807, 2.05) is 0 Å². The molecule has 0 bridgehead atoms. The van der Waals surface area contributed by atoms with E-state index < -0.39 is 5.97 Å². The third-order valence-corrected chi connectivity index (χ3v) is 4.30. The van der Waals surface area contributed by atoms with E-state index in [2.05, 4.69) is 15.3 Å². The molecule has 0 radical (unpaired) electrons. The molecular weight excluding hydrogens is 368 g/mol. The second-order valence-electron chi connectivity index (χ2n) is 5.36. The second kappa shape index (κ2) is 9.67. The molecule has 8 nitrogen and oxygen atoms in total. The zero-order valence-electron chi connectivity index (χ0n) is 15.0. The highest BCUT2D eigenvalue weighted by Gasteiger charge is 2.15. The van der Waals surface area contributed by atoms with Gasteiger partial charge < -0.3 is 15.8 Å². The number of carbonyl (C=O) groups is 3. The van der Waals surface area contributed by atoms with Crippen LogP contribution >= 0.6 is 11.8 Å². The van der Waals surface area contributed by atoms with Crippen LogP contribution in [0.1, 0.15) is 41.0 Å². The molecule has 0 spiro atoms. The van der Waals surface area contributed by atoms with E-state index in [1.165, 1.54) is 6.20 Å². The van der Waals surface area contributed by atoms with Gasteiger partial charge in [-0.15, -0.1) is 0 Å². The number of Topliss-reactive ketones (excluding diaryl/α,β-unsaturated/α-hetero) is 1. The van der Waals surface area contributed by atoms with Crippen molar-refractivity contribution in [2.75, 3.05) is 23.4 Å². The molecule has 0 aliphatic heterocycles. The molecule has 0 saturated heterocycles. The minimum atomic E-state index is -0.585. The minimum Gasteiger partial charge on any atom is -0.462 e. The lowest BCUT2D eigenvalue weighted by Gasteiger charge is -2.06. The number of hydrogen-bond acceptors (Lipinski definition) is 8. The van der Waals surface area contributed by atoms with E-state index in [0.717, 1.165) is 11.8 Å². The largest absolute Gasteiger partial charge is 0.462 e. The van der Waals surface area contributed by atoms with E-state index in [9.17, 15) is 14.4 Å². The number of nitrogens with one attached hydrogen (secondary N) is 1. The second-order valence-corrected chi connectivity index (χ2v) is 6.31. The molecule has 1 aromatic heterocycles. The summed E-state index contributed by atoms with van der Waals surface area (Å²) in [6.45, 7) is 3.68.